The van der Waals surface area contributed by atoms with Gasteiger partial charge in [-0.1, -0.05) is 29.3 Å². The Morgan fingerprint density at radius 2 is 1.72 bits per heavy atom. The molecule has 1 atom stereocenters. The fraction of sp³-hybridized carbons (Fsp3) is 0.423. The molecule has 1 aliphatic heterocycles. The van der Waals surface area contributed by atoms with E-state index >= 15 is 0 Å². The van der Waals surface area contributed by atoms with Gasteiger partial charge in [0, 0.05) is 29.6 Å². The number of carbonyl (C=O) groups excluding carboxylic acids is 1. The summed E-state index contributed by atoms with van der Waals surface area (Å²) in [4.78, 5) is 28.9. The normalized spacial score (nSPS) is 25.8. The van der Waals surface area contributed by atoms with Crippen LogP contribution in [0.3, 0.4) is 0 Å². The molecule has 3 N–H and O–H groups in total. The number of fused-ring (bicyclic) bond motifs is 3. The lowest BCUT2D eigenvalue weighted by molar-refractivity contribution is -0.192. The summed E-state index contributed by atoms with van der Waals surface area (Å²) in [6.07, 6.45) is -0.624. The number of carboxylic acid groups (broad SMARTS) is 1. The van der Waals surface area contributed by atoms with Crippen molar-refractivity contribution >= 4 is 41.0 Å². The van der Waals surface area contributed by atoms with E-state index in [4.69, 9.17) is 53.3 Å². The second-order valence-electron chi connectivity index (χ2n) is 9.77. The number of alkyl halides is 3. The van der Waals surface area contributed by atoms with E-state index in [1.807, 2.05) is 18.2 Å². The molecule has 0 saturated heterocycles. The third kappa shape index (κ3) is 5.27. The molecule has 3 aliphatic rings. The number of hydrogen-bond acceptors (Lipinski definition) is 6. The van der Waals surface area contributed by atoms with Crippen molar-refractivity contribution < 1.29 is 37.3 Å². The van der Waals surface area contributed by atoms with Crippen LogP contribution in [0.5, 0.6) is 11.5 Å². The van der Waals surface area contributed by atoms with Crippen LogP contribution in [0.25, 0.3) is 0 Å². The van der Waals surface area contributed by atoms with E-state index in [0.717, 1.165) is 43.2 Å². The molecule has 0 radical (unpaired) electrons. The molecule has 1 fully saturated rings. The van der Waals surface area contributed by atoms with Crippen molar-refractivity contribution in [3.63, 3.8) is 0 Å². The Kier molecular flexibility index (Phi) is 7.81. The van der Waals surface area contributed by atoms with Crippen LogP contribution >= 0.6 is 23.2 Å². The van der Waals surface area contributed by atoms with E-state index in [1.165, 1.54) is 4.90 Å². The highest BCUT2D eigenvalue weighted by atomic mass is 35.5. The highest BCUT2D eigenvalue weighted by molar-refractivity contribution is 6.34. The summed E-state index contributed by atoms with van der Waals surface area (Å²) in [6, 6.07) is 10.9. The first-order chi connectivity index (χ1) is 18.2. The molecule has 13 heteroatoms. The quantitative estimate of drug-likeness (QED) is 0.488. The number of rotatable bonds is 3. The van der Waals surface area contributed by atoms with E-state index in [9.17, 15) is 18.0 Å². The van der Waals surface area contributed by atoms with Gasteiger partial charge in [-0.3, -0.25) is 9.69 Å². The molecule has 0 aromatic heterocycles. The fourth-order valence-corrected chi connectivity index (χ4v) is 6.20. The first-order valence-electron chi connectivity index (χ1n) is 12.0. The Bertz CT molecular complexity index is 1310. The van der Waals surface area contributed by atoms with E-state index in [2.05, 4.69) is 0 Å². The van der Waals surface area contributed by atoms with Gasteiger partial charge in [0.15, 0.2) is 11.5 Å². The fourth-order valence-electron chi connectivity index (χ4n) is 5.69. The minimum absolute atomic E-state index is 0.0763. The van der Waals surface area contributed by atoms with Gasteiger partial charge in [0.2, 0.25) is 0 Å². The summed E-state index contributed by atoms with van der Waals surface area (Å²) >= 11 is 12.2. The number of carboxylic acids is 1. The minimum atomic E-state index is -5.08. The lowest BCUT2D eigenvalue weighted by atomic mass is 9.61. The van der Waals surface area contributed by atoms with Crippen molar-refractivity contribution in [1.29, 1.82) is 0 Å². The molecule has 8 nitrogen and oxygen atoms in total. The standard InChI is InChI=1S/C24H25Cl2N3O3.C2HF3O2/c1-29-21(30)24(28-22(29)27)20-12-18(32-19-10-15(25)9-16(26)11-19)4-3-14(20)13-23(24)7-5-17(31-2)6-8-23;3-2(4,5)1(6)7/h3-4,9-12,17H,5-8,13H2,1-2H3,(H2,27,28);(H,6,7). The Labute approximate surface area is 232 Å². The Hall–Kier alpha value is -3.02. The lowest BCUT2D eigenvalue weighted by Gasteiger charge is -2.45. The smallest absolute Gasteiger partial charge is 0.475 e. The van der Waals surface area contributed by atoms with Gasteiger partial charge < -0.3 is 20.3 Å². The van der Waals surface area contributed by atoms with Gasteiger partial charge >= 0.3 is 12.1 Å². The summed E-state index contributed by atoms with van der Waals surface area (Å²) in [7, 11) is 3.44. The summed E-state index contributed by atoms with van der Waals surface area (Å²) in [5.74, 6) is -1.45. The van der Waals surface area contributed by atoms with Crippen molar-refractivity contribution in [2.24, 2.45) is 16.1 Å². The van der Waals surface area contributed by atoms with E-state index in [-0.39, 0.29) is 23.4 Å². The largest absolute Gasteiger partial charge is 0.490 e. The van der Waals surface area contributed by atoms with Crippen LogP contribution < -0.4 is 10.5 Å². The third-order valence-electron chi connectivity index (χ3n) is 7.54. The molecule has 2 spiro atoms. The van der Waals surface area contributed by atoms with Gasteiger partial charge in [-0.2, -0.15) is 13.2 Å². The van der Waals surface area contributed by atoms with Crippen LogP contribution in [0.1, 0.15) is 36.8 Å². The summed E-state index contributed by atoms with van der Waals surface area (Å²) in [6.45, 7) is 0. The monoisotopic (exact) mass is 587 g/mol. The molecule has 0 bridgehead atoms. The van der Waals surface area contributed by atoms with Crippen molar-refractivity contribution in [3.05, 3.63) is 57.6 Å². The van der Waals surface area contributed by atoms with Gasteiger partial charge in [0.1, 0.15) is 11.5 Å². The number of amides is 1. The second-order valence-corrected chi connectivity index (χ2v) is 10.6. The molecule has 1 saturated carbocycles. The number of carbonyl (C=O) groups is 2. The number of halogens is 5. The molecule has 39 heavy (non-hydrogen) atoms. The van der Waals surface area contributed by atoms with Gasteiger partial charge in [-0.15, -0.1) is 0 Å². The average molecular weight is 588 g/mol. The van der Waals surface area contributed by atoms with Crippen LogP contribution in [-0.4, -0.2) is 54.3 Å². The number of hydrogen-bond donors (Lipinski definition) is 2. The van der Waals surface area contributed by atoms with Crippen LogP contribution in [-0.2, 0) is 26.3 Å². The first kappa shape index (κ1) is 29.0. The van der Waals surface area contributed by atoms with Crippen LogP contribution in [0.4, 0.5) is 13.2 Å². The molecule has 2 aromatic carbocycles. The Balaban J connectivity index is 0.000000448. The van der Waals surface area contributed by atoms with Crippen LogP contribution in [0.2, 0.25) is 10.0 Å². The third-order valence-corrected chi connectivity index (χ3v) is 7.98. The molecule has 1 amide bonds. The maximum Gasteiger partial charge on any atom is 0.490 e. The Morgan fingerprint density at radius 1 is 1.13 bits per heavy atom. The highest BCUT2D eigenvalue weighted by Crippen LogP contribution is 2.62. The van der Waals surface area contributed by atoms with Gasteiger partial charge in [0.05, 0.1) is 6.10 Å². The van der Waals surface area contributed by atoms with Crippen LogP contribution in [0.15, 0.2) is 41.4 Å². The minimum Gasteiger partial charge on any atom is -0.475 e. The number of likely N-dealkylation sites (N-methyl/N-ethyl adjacent to an activating group) is 1. The number of ether oxygens (including phenoxy) is 2. The van der Waals surface area contributed by atoms with Gasteiger partial charge in [-0.05, 0) is 73.6 Å². The molecular weight excluding hydrogens is 562 g/mol. The van der Waals surface area contributed by atoms with Crippen LogP contribution in [0, 0.1) is 5.41 Å². The Morgan fingerprint density at radius 3 is 2.21 bits per heavy atom. The van der Waals surface area contributed by atoms with Crippen molar-refractivity contribution in [3.8, 4) is 11.5 Å². The summed E-state index contributed by atoms with van der Waals surface area (Å²) < 4.78 is 43.4. The first-order valence-corrected chi connectivity index (χ1v) is 12.7. The maximum atomic E-state index is 13.7. The zero-order chi connectivity index (χ0) is 28.8. The molecule has 1 heterocycles. The SMILES string of the molecule is COC1CCC2(CC1)Cc1ccc(Oc3cc(Cl)cc(Cl)c3)cc1C21N=C(N)N(C)C1=O.O=C(O)C(F)(F)F. The van der Waals surface area contributed by atoms with Crippen molar-refractivity contribution in [2.75, 3.05) is 14.2 Å². The summed E-state index contributed by atoms with van der Waals surface area (Å²) in [5, 5.41) is 8.10. The highest BCUT2D eigenvalue weighted by Gasteiger charge is 2.66. The lowest BCUT2D eigenvalue weighted by Crippen LogP contribution is -2.51. The number of guanidine groups is 1. The molecule has 1 unspecified atom stereocenters. The average Bonchev–Trinajstić information content (AvgIpc) is 3.25. The second kappa shape index (κ2) is 10.5. The molecule has 2 aromatic rings. The number of aliphatic carboxylic acids is 1. The van der Waals surface area contributed by atoms with Crippen molar-refractivity contribution in [1.82, 2.24) is 4.90 Å². The van der Waals surface area contributed by atoms with Crippen molar-refractivity contribution in [2.45, 2.75) is 49.9 Å². The predicted molar refractivity (Wildman–Crippen MR) is 138 cm³/mol. The summed E-state index contributed by atoms with van der Waals surface area (Å²) in [5.41, 5.74) is 6.81. The van der Waals surface area contributed by atoms with Gasteiger partial charge in [0.25, 0.3) is 5.91 Å². The molecular formula is C26H26Cl2F3N3O5. The number of aliphatic imine (C=N–C) groups is 1. The number of nitrogens with two attached hydrogens (primary N) is 1. The van der Waals surface area contributed by atoms with Gasteiger partial charge in [-0.25, -0.2) is 9.79 Å². The zero-order valence-corrected chi connectivity index (χ0v) is 22.5. The maximum absolute atomic E-state index is 13.7. The number of benzene rings is 2. The van der Waals surface area contributed by atoms with E-state index < -0.39 is 17.7 Å². The topological polar surface area (TPSA) is 114 Å². The molecule has 2 aliphatic carbocycles. The predicted octanol–water partition coefficient (Wildman–Crippen LogP) is 5.53. The van der Waals surface area contributed by atoms with E-state index in [0.29, 0.717) is 21.5 Å². The molecule has 5 rings (SSSR count). The zero-order valence-electron chi connectivity index (χ0n) is 21.0. The number of nitrogens with zero attached hydrogens (tertiary/aromatic N) is 2. The number of methoxy groups -OCH3 is 1. The van der Waals surface area contributed by atoms with E-state index in [1.54, 1.807) is 32.4 Å². The molecule has 210 valence electrons.